The number of amides is 1. The van der Waals surface area contributed by atoms with Gasteiger partial charge in [0.05, 0.1) is 11.6 Å². The molecule has 0 aliphatic carbocycles. The third-order valence-electron chi connectivity index (χ3n) is 2.33. The number of thiazole rings is 1. The Morgan fingerprint density at radius 3 is 2.83 bits per heavy atom. The maximum absolute atomic E-state index is 13.7. The standard InChI is InChI=1S/C10H9ClFN3O2S/c1-14(2)8(16)6-4-18-10-13-5(3-11)7(12)9(17)15(6)10/h4H,3H2,1-2H3. The molecule has 0 saturated carbocycles. The molecule has 18 heavy (non-hydrogen) atoms. The third-order valence-corrected chi connectivity index (χ3v) is 3.41. The molecule has 0 aliphatic rings. The van der Waals surface area contributed by atoms with Crippen molar-refractivity contribution in [3.63, 3.8) is 0 Å². The van der Waals surface area contributed by atoms with Crippen molar-refractivity contribution < 1.29 is 9.18 Å². The van der Waals surface area contributed by atoms with Gasteiger partial charge in [-0.15, -0.1) is 22.9 Å². The summed E-state index contributed by atoms with van der Waals surface area (Å²) in [7, 11) is 3.10. The van der Waals surface area contributed by atoms with Crippen molar-refractivity contribution in [2.75, 3.05) is 14.1 Å². The van der Waals surface area contributed by atoms with E-state index >= 15 is 0 Å². The fraction of sp³-hybridized carbons (Fsp3) is 0.300. The molecular weight excluding hydrogens is 281 g/mol. The number of halogens is 2. The minimum Gasteiger partial charge on any atom is -0.343 e. The average Bonchev–Trinajstić information content (AvgIpc) is 2.76. The summed E-state index contributed by atoms with van der Waals surface area (Å²) in [6, 6.07) is 0. The number of aromatic nitrogens is 2. The van der Waals surface area contributed by atoms with E-state index in [0.717, 1.165) is 15.7 Å². The molecule has 0 atom stereocenters. The van der Waals surface area contributed by atoms with Crippen LogP contribution in [0.15, 0.2) is 10.2 Å². The van der Waals surface area contributed by atoms with Gasteiger partial charge >= 0.3 is 0 Å². The summed E-state index contributed by atoms with van der Waals surface area (Å²) in [4.78, 5) is 29.2. The summed E-state index contributed by atoms with van der Waals surface area (Å²) in [5.41, 5.74) is -0.910. The molecule has 0 aromatic carbocycles. The maximum atomic E-state index is 13.7. The average molecular weight is 290 g/mol. The SMILES string of the molecule is CN(C)C(=O)c1csc2nc(CCl)c(F)c(=O)n12. The van der Waals surface area contributed by atoms with Crippen molar-refractivity contribution in [2.24, 2.45) is 0 Å². The second kappa shape index (κ2) is 4.66. The zero-order chi connectivity index (χ0) is 13.4. The van der Waals surface area contributed by atoms with E-state index in [1.54, 1.807) is 14.1 Å². The fourth-order valence-corrected chi connectivity index (χ4v) is 2.49. The van der Waals surface area contributed by atoms with Gasteiger partial charge in [0, 0.05) is 19.5 Å². The van der Waals surface area contributed by atoms with Crippen LogP contribution in [0, 0.1) is 5.82 Å². The minimum absolute atomic E-state index is 0.0949. The van der Waals surface area contributed by atoms with Crippen LogP contribution in [0.5, 0.6) is 0 Å². The van der Waals surface area contributed by atoms with Crippen LogP contribution in [0.1, 0.15) is 16.2 Å². The molecule has 2 heterocycles. The number of carbonyl (C=O) groups is 1. The Morgan fingerprint density at radius 1 is 1.61 bits per heavy atom. The Morgan fingerprint density at radius 2 is 2.28 bits per heavy atom. The van der Waals surface area contributed by atoms with Crippen molar-refractivity contribution in [2.45, 2.75) is 5.88 Å². The van der Waals surface area contributed by atoms with Crippen molar-refractivity contribution in [3.8, 4) is 0 Å². The number of nitrogens with zero attached hydrogens (tertiary/aromatic N) is 3. The lowest BCUT2D eigenvalue weighted by Crippen LogP contribution is -2.28. The number of fused-ring (bicyclic) bond motifs is 1. The Kier molecular flexibility index (Phi) is 3.36. The molecule has 0 fully saturated rings. The summed E-state index contributed by atoms with van der Waals surface area (Å²) in [6.07, 6.45) is 0. The van der Waals surface area contributed by atoms with E-state index in [0.29, 0.717) is 0 Å². The molecule has 2 rings (SSSR count). The molecule has 0 spiro atoms. The molecule has 0 N–H and O–H groups in total. The van der Waals surface area contributed by atoms with Gasteiger partial charge in [-0.25, -0.2) is 9.38 Å². The Hall–Kier alpha value is -1.47. The zero-order valence-electron chi connectivity index (χ0n) is 9.61. The van der Waals surface area contributed by atoms with Crippen LogP contribution >= 0.6 is 22.9 Å². The van der Waals surface area contributed by atoms with Crippen LogP contribution in [0.4, 0.5) is 4.39 Å². The molecule has 5 nitrogen and oxygen atoms in total. The second-order valence-corrected chi connectivity index (χ2v) is 4.85. The summed E-state index contributed by atoms with van der Waals surface area (Å²) in [5, 5.41) is 1.48. The van der Waals surface area contributed by atoms with E-state index < -0.39 is 11.4 Å². The van der Waals surface area contributed by atoms with Crippen LogP contribution in [0.25, 0.3) is 4.96 Å². The van der Waals surface area contributed by atoms with E-state index in [4.69, 9.17) is 11.6 Å². The number of hydrogen-bond acceptors (Lipinski definition) is 4. The number of hydrogen-bond donors (Lipinski definition) is 0. The highest BCUT2D eigenvalue weighted by atomic mass is 35.5. The molecule has 0 radical (unpaired) electrons. The lowest BCUT2D eigenvalue weighted by Gasteiger charge is -2.09. The van der Waals surface area contributed by atoms with E-state index in [1.165, 1.54) is 10.3 Å². The molecule has 1 amide bonds. The molecule has 0 saturated heterocycles. The van der Waals surface area contributed by atoms with Gasteiger partial charge in [-0.3, -0.25) is 9.59 Å². The number of rotatable bonds is 2. The topological polar surface area (TPSA) is 54.7 Å². The largest absolute Gasteiger partial charge is 0.343 e. The fourth-order valence-electron chi connectivity index (χ4n) is 1.44. The molecule has 8 heteroatoms. The predicted molar refractivity (Wildman–Crippen MR) is 66.9 cm³/mol. The highest BCUT2D eigenvalue weighted by Crippen LogP contribution is 2.16. The molecule has 2 aromatic heterocycles. The Labute approximate surface area is 110 Å². The second-order valence-electron chi connectivity index (χ2n) is 3.75. The van der Waals surface area contributed by atoms with Crippen LogP contribution < -0.4 is 5.56 Å². The van der Waals surface area contributed by atoms with Crippen LogP contribution in [-0.2, 0) is 5.88 Å². The highest BCUT2D eigenvalue weighted by molar-refractivity contribution is 7.15. The van der Waals surface area contributed by atoms with Gasteiger partial charge in [0.2, 0.25) is 5.82 Å². The van der Waals surface area contributed by atoms with Crippen LogP contribution in [0.2, 0.25) is 0 Å². The van der Waals surface area contributed by atoms with Crippen LogP contribution in [-0.4, -0.2) is 34.3 Å². The third kappa shape index (κ3) is 1.89. The van der Waals surface area contributed by atoms with Gasteiger partial charge in [-0.2, -0.15) is 4.39 Å². The van der Waals surface area contributed by atoms with Crippen LogP contribution in [0.3, 0.4) is 0 Å². The smallest absolute Gasteiger partial charge is 0.295 e. The van der Waals surface area contributed by atoms with E-state index in [2.05, 4.69) is 4.98 Å². The molecule has 0 unspecified atom stereocenters. The van der Waals surface area contributed by atoms with Crippen molar-refractivity contribution >= 4 is 33.8 Å². The maximum Gasteiger partial charge on any atom is 0.295 e. The quantitative estimate of drug-likeness (QED) is 0.784. The molecule has 96 valence electrons. The van der Waals surface area contributed by atoms with Crippen molar-refractivity contribution in [3.05, 3.63) is 32.9 Å². The Bertz CT molecular complexity index is 680. The first-order valence-corrected chi connectivity index (χ1v) is 6.35. The highest BCUT2D eigenvalue weighted by Gasteiger charge is 2.20. The molecule has 0 bridgehead atoms. The molecule has 0 aliphatic heterocycles. The predicted octanol–water partition coefficient (Wildman–Crippen LogP) is 1.34. The lowest BCUT2D eigenvalue weighted by atomic mass is 10.4. The van der Waals surface area contributed by atoms with Gasteiger partial charge in [0.15, 0.2) is 4.96 Å². The summed E-state index contributed by atoms with van der Waals surface area (Å²) < 4.78 is 14.6. The summed E-state index contributed by atoms with van der Waals surface area (Å²) in [5.74, 6) is -1.59. The van der Waals surface area contributed by atoms with E-state index in [1.807, 2.05) is 0 Å². The van der Waals surface area contributed by atoms with Gasteiger partial charge in [-0.1, -0.05) is 0 Å². The molecule has 2 aromatic rings. The lowest BCUT2D eigenvalue weighted by molar-refractivity contribution is 0.0820. The van der Waals surface area contributed by atoms with E-state index in [-0.39, 0.29) is 28.1 Å². The van der Waals surface area contributed by atoms with Gasteiger partial charge in [-0.05, 0) is 0 Å². The van der Waals surface area contributed by atoms with Gasteiger partial charge < -0.3 is 4.90 Å². The number of alkyl halides is 1. The normalized spacial score (nSPS) is 10.9. The monoisotopic (exact) mass is 289 g/mol. The van der Waals surface area contributed by atoms with Crippen molar-refractivity contribution in [1.29, 1.82) is 0 Å². The van der Waals surface area contributed by atoms with Crippen molar-refractivity contribution in [1.82, 2.24) is 14.3 Å². The molecular formula is C10H9ClFN3O2S. The minimum atomic E-state index is -1.02. The van der Waals surface area contributed by atoms with Gasteiger partial charge in [0.25, 0.3) is 11.5 Å². The zero-order valence-corrected chi connectivity index (χ0v) is 11.2. The summed E-state index contributed by atoms with van der Waals surface area (Å²) in [6.45, 7) is 0. The number of carbonyl (C=O) groups excluding carboxylic acids is 1. The first kappa shape index (κ1) is 13.0. The first-order valence-electron chi connectivity index (χ1n) is 4.93. The van der Waals surface area contributed by atoms with Gasteiger partial charge in [0.1, 0.15) is 5.69 Å². The Balaban J connectivity index is 2.78. The van der Waals surface area contributed by atoms with E-state index in [9.17, 15) is 14.0 Å². The first-order chi connectivity index (χ1) is 8.47. The summed E-state index contributed by atoms with van der Waals surface area (Å²) >= 11 is 6.59.